The van der Waals surface area contributed by atoms with Crippen molar-refractivity contribution in [3.8, 4) is 0 Å². The smallest absolute Gasteiger partial charge is 0.478 e. The Balaban J connectivity index is 1.19. The number of phosphoric ester groups is 2. The molecule has 0 saturated carbocycles. The molecule has 2 saturated heterocycles. The molecule has 2 aliphatic rings. The van der Waals surface area contributed by atoms with Crippen LogP contribution in [0.4, 0.5) is 5.82 Å². The van der Waals surface area contributed by atoms with Gasteiger partial charge in [0, 0.05) is 6.07 Å². The lowest BCUT2D eigenvalue weighted by molar-refractivity contribution is -0.765. The third-order valence-corrected chi connectivity index (χ3v) is 10.5. The van der Waals surface area contributed by atoms with E-state index >= 15 is 0 Å². The number of phosphoric acid groups is 2. The molecule has 3 aromatic rings. The van der Waals surface area contributed by atoms with E-state index < -0.39 is 83.8 Å². The molecule has 1 amide bonds. The van der Waals surface area contributed by atoms with Crippen LogP contribution < -0.4 is 20.9 Å². The number of thioether (sulfide) groups is 1. The molecule has 5 heterocycles. The Hall–Kier alpha value is -2.66. The zero-order valence-electron chi connectivity index (χ0n) is 24.2. The van der Waals surface area contributed by atoms with E-state index in [9.17, 15) is 44.1 Å². The number of primary amides is 1. The number of aliphatic hydroxyl groups is 4. The van der Waals surface area contributed by atoms with Crippen molar-refractivity contribution in [2.45, 2.75) is 61.2 Å². The highest BCUT2D eigenvalue weighted by molar-refractivity contribution is 7.99. The lowest BCUT2D eigenvalue weighted by Gasteiger charge is -2.26. The highest BCUT2D eigenvalue weighted by Gasteiger charge is 2.49. The number of nitrogens with two attached hydrogens (primary N) is 2. The number of anilines is 1. The zero-order chi connectivity index (χ0) is 34.3. The van der Waals surface area contributed by atoms with Crippen LogP contribution in [0.3, 0.4) is 0 Å². The maximum atomic E-state index is 12.5. The van der Waals surface area contributed by atoms with Gasteiger partial charge >= 0.3 is 7.82 Å². The van der Waals surface area contributed by atoms with Gasteiger partial charge in [-0.25, -0.2) is 23.8 Å². The van der Waals surface area contributed by atoms with Gasteiger partial charge < -0.3 is 55.7 Å². The monoisotopic (exact) mass is 723 g/mol. The van der Waals surface area contributed by atoms with Crippen molar-refractivity contribution in [3.05, 3.63) is 36.4 Å². The second-order valence-electron chi connectivity index (χ2n) is 10.2. The van der Waals surface area contributed by atoms with Crippen LogP contribution in [0.15, 0.2) is 36.0 Å². The second-order valence-corrected chi connectivity index (χ2v) is 14.4. The molecule has 0 spiro atoms. The van der Waals surface area contributed by atoms with Gasteiger partial charge in [-0.1, -0.05) is 18.7 Å². The number of hydrogen-bond donors (Lipinski definition) is 7. The van der Waals surface area contributed by atoms with E-state index in [0.29, 0.717) is 10.9 Å². The summed E-state index contributed by atoms with van der Waals surface area (Å²) >= 11 is 1.25. The molecule has 0 bridgehead atoms. The fourth-order valence-corrected chi connectivity index (χ4v) is 7.66. The molecule has 0 aromatic carbocycles. The summed E-state index contributed by atoms with van der Waals surface area (Å²) in [6, 6.07) is 2.82. The number of pyridine rings is 1. The first-order valence-electron chi connectivity index (χ1n) is 13.7. The molecule has 10 atom stereocenters. The van der Waals surface area contributed by atoms with Crippen molar-refractivity contribution in [1.29, 1.82) is 0 Å². The van der Waals surface area contributed by atoms with Crippen molar-refractivity contribution in [1.82, 2.24) is 19.5 Å². The third kappa shape index (κ3) is 7.66. The summed E-state index contributed by atoms with van der Waals surface area (Å²) in [6.45, 7) is -0.0513. The molecular weight excluding hydrogens is 692 g/mol. The minimum atomic E-state index is -5.63. The highest BCUT2D eigenvalue weighted by Crippen LogP contribution is 2.58. The minimum absolute atomic E-state index is 0.0566. The minimum Gasteiger partial charge on any atom is -0.756 e. The number of rotatable bonds is 13. The number of aliphatic hydroxyl groups excluding tert-OH is 4. The van der Waals surface area contributed by atoms with E-state index in [2.05, 4.69) is 23.8 Å². The van der Waals surface area contributed by atoms with E-state index in [0.717, 1.165) is 0 Å². The summed E-state index contributed by atoms with van der Waals surface area (Å²) in [7, 11) is -11.1. The van der Waals surface area contributed by atoms with Gasteiger partial charge in [0.2, 0.25) is 0 Å². The zero-order valence-corrected chi connectivity index (χ0v) is 26.8. The molecule has 2 fully saturated rings. The predicted molar refractivity (Wildman–Crippen MR) is 154 cm³/mol. The maximum Gasteiger partial charge on any atom is 0.478 e. The number of nitrogens with zero attached hydrogens (tertiary/aromatic N) is 5. The van der Waals surface area contributed by atoms with Gasteiger partial charge in [0.05, 0.1) is 13.2 Å². The van der Waals surface area contributed by atoms with E-state index in [1.807, 2.05) is 6.92 Å². The van der Waals surface area contributed by atoms with Crippen LogP contribution in [0.2, 0.25) is 0 Å². The molecule has 5 rings (SSSR count). The number of carbonyl (C=O) groups excluding carboxylic acids is 1. The Morgan fingerprint density at radius 2 is 1.79 bits per heavy atom. The second kappa shape index (κ2) is 14.1. The maximum absolute atomic E-state index is 12.5. The summed E-state index contributed by atoms with van der Waals surface area (Å²) in [5.41, 5.74) is 11.6. The molecule has 2 aliphatic heterocycles. The average Bonchev–Trinajstić information content (AvgIpc) is 3.62. The van der Waals surface area contributed by atoms with Gasteiger partial charge in [-0.3, -0.25) is 18.5 Å². The summed E-state index contributed by atoms with van der Waals surface area (Å²) < 4.78 is 52.3. The normalized spacial score (nSPS) is 30.4. The standard InChI is InChI=1S/C23H31N7O14P2S/c1-2-47-23-28-13-18(24)26-9-27-20(13)30(23)22-17(34)15(32)12(43-22)8-41-46(38,39)44-45(36,37)40-7-11-14(31)16(33)21(42-11)29-5-3-4-10(6-29)19(25)35/h3-6,9,11-12,14-17,21-22,31-34H,2,7-8H2,1H3,(H5-,24,25,26,27,35,36,37,38,39)/t11-,12-,14-,15-,16-,17-,21-,22-/m1/s1. The molecule has 258 valence electrons. The Morgan fingerprint density at radius 1 is 1.11 bits per heavy atom. The van der Waals surface area contributed by atoms with E-state index in [1.165, 1.54) is 51.7 Å². The van der Waals surface area contributed by atoms with E-state index in [-0.39, 0.29) is 22.5 Å². The van der Waals surface area contributed by atoms with Crippen molar-refractivity contribution >= 4 is 50.3 Å². The lowest BCUT2D eigenvalue weighted by atomic mass is 10.1. The van der Waals surface area contributed by atoms with Crippen LogP contribution in [-0.2, 0) is 32.0 Å². The Kier molecular flexibility index (Phi) is 10.7. The Morgan fingerprint density at radius 3 is 2.49 bits per heavy atom. The summed E-state index contributed by atoms with van der Waals surface area (Å²) in [4.78, 5) is 46.3. The van der Waals surface area contributed by atoms with Gasteiger partial charge in [-0.15, -0.1) is 0 Å². The van der Waals surface area contributed by atoms with Crippen LogP contribution in [0.1, 0.15) is 29.7 Å². The molecule has 9 N–H and O–H groups in total. The van der Waals surface area contributed by atoms with Crippen molar-refractivity contribution in [2.75, 3.05) is 24.7 Å². The number of amides is 1. The first-order chi connectivity index (χ1) is 22.1. The van der Waals surface area contributed by atoms with Gasteiger partial charge in [0.1, 0.15) is 42.4 Å². The fraction of sp³-hybridized carbons (Fsp3) is 0.522. The molecule has 47 heavy (non-hydrogen) atoms. The van der Waals surface area contributed by atoms with E-state index in [1.54, 1.807) is 0 Å². The number of nitrogen functional groups attached to an aromatic ring is 1. The molecule has 0 radical (unpaired) electrons. The predicted octanol–water partition coefficient (Wildman–Crippen LogP) is -2.54. The van der Waals surface area contributed by atoms with Crippen LogP contribution in [-0.4, -0.2) is 106 Å². The third-order valence-electron chi connectivity index (χ3n) is 7.08. The summed E-state index contributed by atoms with van der Waals surface area (Å²) in [5.74, 6) is -0.167. The number of hydrogen-bond acceptors (Lipinski definition) is 18. The number of aromatic nitrogens is 5. The van der Waals surface area contributed by atoms with Crippen molar-refractivity contribution in [3.63, 3.8) is 0 Å². The van der Waals surface area contributed by atoms with Crippen LogP contribution in [0.25, 0.3) is 11.2 Å². The summed E-state index contributed by atoms with van der Waals surface area (Å²) in [5, 5.41) is 42.5. The molecule has 21 nitrogen and oxygen atoms in total. The topological polar surface area (TPSA) is 321 Å². The molecule has 0 aliphatic carbocycles. The van der Waals surface area contributed by atoms with Gasteiger partial charge in [-0.2, -0.15) is 4.57 Å². The molecule has 3 aromatic heterocycles. The van der Waals surface area contributed by atoms with Crippen molar-refractivity contribution < 1.29 is 71.5 Å². The van der Waals surface area contributed by atoms with Gasteiger partial charge in [-0.05, 0) is 11.8 Å². The fourth-order valence-electron chi connectivity index (χ4n) is 4.86. The number of imidazole rings is 1. The van der Waals surface area contributed by atoms with Crippen molar-refractivity contribution in [2.24, 2.45) is 5.73 Å². The number of fused-ring (bicyclic) bond motifs is 1. The van der Waals surface area contributed by atoms with Crippen LogP contribution in [0, 0.1) is 0 Å². The van der Waals surface area contributed by atoms with E-state index in [4.69, 9.17) is 25.5 Å². The van der Waals surface area contributed by atoms with Crippen LogP contribution >= 0.6 is 27.4 Å². The first-order valence-corrected chi connectivity index (χ1v) is 17.7. The Bertz CT molecular complexity index is 1720. The highest BCUT2D eigenvalue weighted by atomic mass is 32.2. The molecule has 2 unspecified atom stereocenters. The SMILES string of the molecule is CCSc1nc2c(N)ncnc2n1[C@@H]1O[C@H](COP(=O)(O)OP(=O)([O-])OC[C@H]2O[C@@H]([n+]3cccc(C(N)=O)c3)[C@H](O)[C@@H]2O)[C@@H](O)[C@H]1O. The van der Waals surface area contributed by atoms with Crippen LogP contribution in [0.5, 0.6) is 0 Å². The molecule has 24 heteroatoms. The average molecular weight is 724 g/mol. The first kappa shape index (κ1) is 35.6. The number of ether oxygens (including phenoxy) is 2. The van der Waals surface area contributed by atoms with Gasteiger partial charge in [0.25, 0.3) is 20.0 Å². The summed E-state index contributed by atoms with van der Waals surface area (Å²) in [6.07, 6.45) is -8.32. The lowest BCUT2D eigenvalue weighted by Crippen LogP contribution is -2.46. The number of carbonyl (C=O) groups is 1. The van der Waals surface area contributed by atoms with Gasteiger partial charge in [0.15, 0.2) is 46.9 Å². The quantitative estimate of drug-likeness (QED) is 0.0543. The largest absolute Gasteiger partial charge is 0.756 e. The molecular formula is C23H31N7O14P2S. The Labute approximate surface area is 269 Å².